The van der Waals surface area contributed by atoms with Crippen LogP contribution in [0.15, 0.2) is 18.2 Å². The van der Waals surface area contributed by atoms with E-state index in [1.807, 2.05) is 26.0 Å². The minimum Gasteiger partial charge on any atom is -0.384 e. The second kappa shape index (κ2) is 7.03. The third-order valence-corrected chi connectivity index (χ3v) is 4.64. The number of aryl methyl sites for hydroxylation is 2. The summed E-state index contributed by atoms with van der Waals surface area (Å²) in [6, 6.07) is 5.95. The molecule has 0 aliphatic rings. The zero-order valence-corrected chi connectivity index (χ0v) is 12.9. The lowest BCUT2D eigenvalue weighted by Crippen LogP contribution is -2.27. The molecule has 0 heterocycles. The van der Waals surface area contributed by atoms with Gasteiger partial charge in [0, 0.05) is 13.2 Å². The van der Waals surface area contributed by atoms with Crippen LogP contribution in [0.5, 0.6) is 0 Å². The average molecular weight is 285 g/mol. The molecule has 5 heteroatoms. The van der Waals surface area contributed by atoms with Gasteiger partial charge in [-0.2, -0.15) is 0 Å². The molecule has 0 saturated heterocycles. The Morgan fingerprint density at radius 1 is 1.21 bits per heavy atom. The van der Waals surface area contributed by atoms with Gasteiger partial charge in [0.25, 0.3) is 0 Å². The summed E-state index contributed by atoms with van der Waals surface area (Å²) in [5.74, 6) is 0.155. The molecule has 0 radical (unpaired) electrons. The molecule has 0 aliphatic carbocycles. The molecule has 19 heavy (non-hydrogen) atoms. The van der Waals surface area contributed by atoms with E-state index < -0.39 is 9.84 Å². The van der Waals surface area contributed by atoms with Crippen molar-refractivity contribution < 1.29 is 13.2 Å². The van der Waals surface area contributed by atoms with Gasteiger partial charge < -0.3 is 10.1 Å². The predicted octanol–water partition coefficient (Wildman–Crippen LogP) is 1.63. The van der Waals surface area contributed by atoms with E-state index in [1.165, 1.54) is 7.11 Å². The third kappa shape index (κ3) is 5.30. The molecular formula is C14H23NO3S. The summed E-state index contributed by atoms with van der Waals surface area (Å²) in [7, 11) is 0.178. The SMILES string of the molecule is CNC(CS(=O)(=O)CCOC)c1cc(C)cc(C)c1. The minimum absolute atomic E-state index is 0.0620. The Kier molecular flexibility index (Phi) is 5.97. The molecule has 1 aromatic carbocycles. The number of ether oxygens (including phenoxy) is 1. The highest BCUT2D eigenvalue weighted by Gasteiger charge is 2.19. The van der Waals surface area contributed by atoms with Gasteiger partial charge in [-0.15, -0.1) is 0 Å². The van der Waals surface area contributed by atoms with Crippen molar-refractivity contribution in [2.24, 2.45) is 0 Å². The van der Waals surface area contributed by atoms with Gasteiger partial charge in [-0.25, -0.2) is 8.42 Å². The molecule has 0 amide bonds. The highest BCUT2D eigenvalue weighted by Crippen LogP contribution is 2.18. The largest absolute Gasteiger partial charge is 0.384 e. The van der Waals surface area contributed by atoms with Crippen molar-refractivity contribution in [3.05, 3.63) is 34.9 Å². The van der Waals surface area contributed by atoms with E-state index in [0.717, 1.165) is 16.7 Å². The lowest BCUT2D eigenvalue weighted by atomic mass is 10.0. The van der Waals surface area contributed by atoms with E-state index in [9.17, 15) is 8.42 Å². The Bertz CT molecular complexity index is 491. The van der Waals surface area contributed by atoms with Crippen molar-refractivity contribution in [3.8, 4) is 0 Å². The van der Waals surface area contributed by atoms with Gasteiger partial charge in [0.1, 0.15) is 0 Å². The fraction of sp³-hybridized carbons (Fsp3) is 0.571. The third-order valence-electron chi connectivity index (χ3n) is 3.01. The summed E-state index contributed by atoms with van der Waals surface area (Å²) in [5.41, 5.74) is 3.30. The number of hydrogen-bond donors (Lipinski definition) is 1. The van der Waals surface area contributed by atoms with Crippen LogP contribution in [0.25, 0.3) is 0 Å². The van der Waals surface area contributed by atoms with Crippen LogP contribution in [-0.4, -0.2) is 40.7 Å². The molecule has 1 unspecified atom stereocenters. The van der Waals surface area contributed by atoms with Crippen molar-refractivity contribution in [1.29, 1.82) is 0 Å². The number of nitrogens with one attached hydrogen (secondary N) is 1. The molecule has 0 aromatic heterocycles. The summed E-state index contributed by atoms with van der Waals surface area (Å²) >= 11 is 0. The van der Waals surface area contributed by atoms with Crippen LogP contribution in [0.3, 0.4) is 0 Å². The average Bonchev–Trinajstić information content (AvgIpc) is 2.32. The van der Waals surface area contributed by atoms with Crippen molar-refractivity contribution in [3.63, 3.8) is 0 Å². The van der Waals surface area contributed by atoms with Gasteiger partial charge >= 0.3 is 0 Å². The monoisotopic (exact) mass is 285 g/mol. The molecule has 1 atom stereocenters. The molecule has 1 N–H and O–H groups in total. The van der Waals surface area contributed by atoms with Crippen molar-refractivity contribution in [2.45, 2.75) is 19.9 Å². The number of methoxy groups -OCH3 is 1. The number of sulfone groups is 1. The molecule has 1 rings (SSSR count). The number of benzene rings is 1. The summed E-state index contributed by atoms with van der Waals surface area (Å²) in [6.07, 6.45) is 0. The van der Waals surface area contributed by atoms with Crippen molar-refractivity contribution >= 4 is 9.84 Å². The first-order chi connectivity index (χ1) is 8.88. The molecule has 0 aliphatic heterocycles. The minimum atomic E-state index is -3.12. The highest BCUT2D eigenvalue weighted by atomic mass is 32.2. The van der Waals surface area contributed by atoms with E-state index in [1.54, 1.807) is 7.05 Å². The van der Waals surface area contributed by atoms with Gasteiger partial charge in [-0.05, 0) is 26.5 Å². The molecule has 0 saturated carbocycles. The maximum absolute atomic E-state index is 12.0. The van der Waals surface area contributed by atoms with E-state index >= 15 is 0 Å². The van der Waals surface area contributed by atoms with Crippen LogP contribution in [0.1, 0.15) is 22.7 Å². The summed E-state index contributed by atoms with van der Waals surface area (Å²) in [4.78, 5) is 0. The lowest BCUT2D eigenvalue weighted by molar-refractivity contribution is 0.217. The zero-order valence-electron chi connectivity index (χ0n) is 12.1. The zero-order chi connectivity index (χ0) is 14.5. The van der Waals surface area contributed by atoms with Gasteiger partial charge in [0.05, 0.1) is 18.1 Å². The first-order valence-corrected chi connectivity index (χ1v) is 8.15. The van der Waals surface area contributed by atoms with Crippen LogP contribution in [-0.2, 0) is 14.6 Å². The van der Waals surface area contributed by atoms with Crippen LogP contribution in [0.2, 0.25) is 0 Å². The molecule has 4 nitrogen and oxygen atoms in total. The summed E-state index contributed by atoms with van der Waals surface area (Å²) in [5, 5.41) is 3.09. The first kappa shape index (κ1) is 16.1. The van der Waals surface area contributed by atoms with Crippen LogP contribution in [0.4, 0.5) is 0 Å². The molecule has 0 bridgehead atoms. The Hall–Kier alpha value is -0.910. The van der Waals surface area contributed by atoms with Crippen LogP contribution < -0.4 is 5.32 Å². The Morgan fingerprint density at radius 3 is 2.26 bits per heavy atom. The first-order valence-electron chi connectivity index (χ1n) is 6.33. The molecular weight excluding hydrogens is 262 g/mol. The normalized spacial score (nSPS) is 13.5. The van der Waals surface area contributed by atoms with E-state index in [2.05, 4.69) is 11.4 Å². The van der Waals surface area contributed by atoms with Gasteiger partial charge in [0.2, 0.25) is 0 Å². The lowest BCUT2D eigenvalue weighted by Gasteiger charge is -2.18. The van der Waals surface area contributed by atoms with Crippen LogP contribution in [0, 0.1) is 13.8 Å². The Morgan fingerprint density at radius 2 is 1.79 bits per heavy atom. The topological polar surface area (TPSA) is 55.4 Å². The Balaban J connectivity index is 2.89. The molecule has 1 aromatic rings. The second-order valence-electron chi connectivity index (χ2n) is 4.87. The fourth-order valence-electron chi connectivity index (χ4n) is 2.10. The van der Waals surface area contributed by atoms with Gasteiger partial charge in [0.15, 0.2) is 9.84 Å². The predicted molar refractivity (Wildman–Crippen MR) is 78.2 cm³/mol. The van der Waals surface area contributed by atoms with Crippen molar-refractivity contribution in [1.82, 2.24) is 5.32 Å². The molecule has 0 fully saturated rings. The maximum Gasteiger partial charge on any atom is 0.154 e. The molecule has 108 valence electrons. The quantitative estimate of drug-likeness (QED) is 0.827. The standard InChI is InChI=1S/C14H23NO3S/c1-11-7-12(2)9-13(8-11)14(15-3)10-19(16,17)6-5-18-4/h7-9,14-15H,5-6,10H2,1-4H3. The van der Waals surface area contributed by atoms with Crippen LogP contribution >= 0.6 is 0 Å². The number of hydrogen-bond acceptors (Lipinski definition) is 4. The summed E-state index contributed by atoms with van der Waals surface area (Å²) in [6.45, 7) is 4.27. The van der Waals surface area contributed by atoms with Crippen molar-refractivity contribution in [2.75, 3.05) is 32.3 Å². The Labute approximate surface area is 116 Å². The van der Waals surface area contributed by atoms with Gasteiger partial charge in [-0.1, -0.05) is 29.3 Å². The smallest absolute Gasteiger partial charge is 0.154 e. The van der Waals surface area contributed by atoms with E-state index in [0.29, 0.717) is 0 Å². The highest BCUT2D eigenvalue weighted by molar-refractivity contribution is 7.91. The second-order valence-corrected chi connectivity index (χ2v) is 7.10. The van der Waals surface area contributed by atoms with E-state index in [4.69, 9.17) is 4.74 Å². The fourth-order valence-corrected chi connectivity index (χ4v) is 3.56. The maximum atomic E-state index is 12.0. The molecule has 0 spiro atoms. The number of rotatable bonds is 7. The van der Waals surface area contributed by atoms with E-state index in [-0.39, 0.29) is 24.2 Å². The summed E-state index contributed by atoms with van der Waals surface area (Å²) < 4.78 is 28.8. The van der Waals surface area contributed by atoms with Gasteiger partial charge in [-0.3, -0.25) is 0 Å².